The van der Waals surface area contributed by atoms with Gasteiger partial charge < -0.3 is 10.2 Å². The average Bonchev–Trinajstić information content (AvgIpc) is 2.85. The highest BCUT2D eigenvalue weighted by molar-refractivity contribution is 7.88. The standard InChI is InChI=1S/C14H27N3O2S/c1-20(18,19)17-5-2-3-12(10-17)9-16-6-4-13-7-15-8-14(13)11-16/h12-15H,2-11H2,1H3. The molecule has 0 bridgehead atoms. The Morgan fingerprint density at radius 1 is 1.10 bits per heavy atom. The van der Waals surface area contributed by atoms with Gasteiger partial charge in [0, 0.05) is 26.2 Å². The second-order valence-corrected chi connectivity index (χ2v) is 8.84. The van der Waals surface area contributed by atoms with Crippen LogP contribution >= 0.6 is 0 Å². The minimum atomic E-state index is -3.01. The molecule has 3 heterocycles. The fraction of sp³-hybridized carbons (Fsp3) is 1.00. The van der Waals surface area contributed by atoms with E-state index in [0.717, 1.165) is 31.3 Å². The molecule has 3 rings (SSSR count). The van der Waals surface area contributed by atoms with Crippen molar-refractivity contribution in [2.75, 3.05) is 52.1 Å². The lowest BCUT2D eigenvalue weighted by molar-refractivity contribution is 0.112. The summed E-state index contributed by atoms with van der Waals surface area (Å²) in [5.74, 6) is 2.22. The number of hydrogen-bond acceptors (Lipinski definition) is 4. The van der Waals surface area contributed by atoms with E-state index in [4.69, 9.17) is 0 Å². The number of piperidine rings is 2. The summed E-state index contributed by atoms with van der Waals surface area (Å²) in [7, 11) is -3.01. The van der Waals surface area contributed by atoms with Gasteiger partial charge in [-0.3, -0.25) is 0 Å². The monoisotopic (exact) mass is 301 g/mol. The molecule has 116 valence electrons. The lowest BCUT2D eigenvalue weighted by atomic mass is 9.87. The van der Waals surface area contributed by atoms with E-state index < -0.39 is 10.0 Å². The fourth-order valence-electron chi connectivity index (χ4n) is 4.12. The quantitative estimate of drug-likeness (QED) is 0.809. The second kappa shape index (κ2) is 5.91. The number of sulfonamides is 1. The van der Waals surface area contributed by atoms with E-state index in [9.17, 15) is 8.42 Å². The topological polar surface area (TPSA) is 52.7 Å². The van der Waals surface area contributed by atoms with Crippen molar-refractivity contribution >= 4 is 10.0 Å². The van der Waals surface area contributed by atoms with Crippen molar-refractivity contribution in [1.82, 2.24) is 14.5 Å². The number of nitrogens with zero attached hydrogens (tertiary/aromatic N) is 2. The zero-order valence-corrected chi connectivity index (χ0v) is 13.2. The lowest BCUT2D eigenvalue weighted by Crippen LogP contribution is -2.46. The van der Waals surface area contributed by atoms with Gasteiger partial charge in [-0.1, -0.05) is 0 Å². The van der Waals surface area contributed by atoms with Crippen molar-refractivity contribution < 1.29 is 8.42 Å². The first-order chi connectivity index (χ1) is 9.52. The van der Waals surface area contributed by atoms with Crippen LogP contribution in [0.5, 0.6) is 0 Å². The SMILES string of the molecule is CS(=O)(=O)N1CCCC(CN2CCC3CNCC3C2)C1. The molecule has 0 amide bonds. The molecule has 0 aromatic rings. The Bertz CT molecular complexity index is 440. The van der Waals surface area contributed by atoms with Crippen molar-refractivity contribution in [1.29, 1.82) is 0 Å². The first-order valence-corrected chi connectivity index (χ1v) is 9.75. The summed E-state index contributed by atoms with van der Waals surface area (Å²) >= 11 is 0. The Morgan fingerprint density at radius 2 is 1.90 bits per heavy atom. The number of hydrogen-bond donors (Lipinski definition) is 1. The predicted molar refractivity (Wildman–Crippen MR) is 80.0 cm³/mol. The van der Waals surface area contributed by atoms with E-state index >= 15 is 0 Å². The summed E-state index contributed by atoms with van der Waals surface area (Å²) in [5, 5.41) is 3.50. The zero-order valence-electron chi connectivity index (χ0n) is 12.4. The number of likely N-dealkylation sites (tertiary alicyclic amines) is 1. The van der Waals surface area contributed by atoms with Gasteiger partial charge >= 0.3 is 0 Å². The van der Waals surface area contributed by atoms with Crippen LogP contribution < -0.4 is 5.32 Å². The first kappa shape index (κ1) is 14.8. The van der Waals surface area contributed by atoms with E-state index in [-0.39, 0.29) is 0 Å². The molecule has 5 nitrogen and oxygen atoms in total. The van der Waals surface area contributed by atoms with Crippen LogP contribution in [0.3, 0.4) is 0 Å². The van der Waals surface area contributed by atoms with E-state index in [2.05, 4.69) is 10.2 Å². The lowest BCUT2D eigenvalue weighted by Gasteiger charge is -2.39. The summed E-state index contributed by atoms with van der Waals surface area (Å²) in [6, 6.07) is 0. The molecule has 3 fully saturated rings. The van der Waals surface area contributed by atoms with Crippen LogP contribution in [-0.2, 0) is 10.0 Å². The Morgan fingerprint density at radius 3 is 2.70 bits per heavy atom. The van der Waals surface area contributed by atoms with E-state index in [1.165, 1.54) is 45.3 Å². The molecule has 1 N–H and O–H groups in total. The molecule has 0 radical (unpaired) electrons. The van der Waals surface area contributed by atoms with Crippen molar-refractivity contribution in [2.24, 2.45) is 17.8 Å². The van der Waals surface area contributed by atoms with Crippen molar-refractivity contribution in [3.8, 4) is 0 Å². The average molecular weight is 301 g/mol. The van der Waals surface area contributed by atoms with Crippen LogP contribution in [0.15, 0.2) is 0 Å². The van der Waals surface area contributed by atoms with E-state index in [1.807, 2.05) is 0 Å². The molecule has 0 aliphatic carbocycles. The Balaban J connectivity index is 1.52. The molecule has 6 heteroatoms. The number of rotatable bonds is 3. The Kier molecular flexibility index (Phi) is 4.36. The normalized spacial score (nSPS) is 37.0. The molecule has 3 saturated heterocycles. The van der Waals surface area contributed by atoms with Gasteiger partial charge in [0.1, 0.15) is 0 Å². The van der Waals surface area contributed by atoms with Gasteiger partial charge in [-0.2, -0.15) is 0 Å². The minimum absolute atomic E-state index is 0.518. The van der Waals surface area contributed by atoms with Crippen LogP contribution in [0.2, 0.25) is 0 Å². The molecular formula is C14H27N3O2S. The van der Waals surface area contributed by atoms with Gasteiger partial charge in [0.05, 0.1) is 6.26 Å². The summed E-state index contributed by atoms with van der Waals surface area (Å²) in [4.78, 5) is 2.57. The molecule has 3 aliphatic rings. The van der Waals surface area contributed by atoms with Gasteiger partial charge in [0.15, 0.2) is 0 Å². The van der Waals surface area contributed by atoms with Crippen molar-refractivity contribution in [3.63, 3.8) is 0 Å². The number of nitrogens with one attached hydrogen (secondary N) is 1. The van der Waals surface area contributed by atoms with Crippen molar-refractivity contribution in [2.45, 2.75) is 19.3 Å². The van der Waals surface area contributed by atoms with E-state index in [1.54, 1.807) is 4.31 Å². The van der Waals surface area contributed by atoms with Crippen LogP contribution in [-0.4, -0.2) is 69.7 Å². The summed E-state index contributed by atoms with van der Waals surface area (Å²) in [6.45, 7) is 7.28. The van der Waals surface area contributed by atoms with Crippen LogP contribution in [0, 0.1) is 17.8 Å². The maximum Gasteiger partial charge on any atom is 0.211 e. The summed E-state index contributed by atoms with van der Waals surface area (Å²) < 4.78 is 25.0. The zero-order chi connectivity index (χ0) is 14.2. The maximum atomic E-state index is 11.7. The van der Waals surface area contributed by atoms with E-state index in [0.29, 0.717) is 12.5 Å². The molecule has 0 aromatic carbocycles. The third-order valence-corrected chi connectivity index (χ3v) is 6.53. The molecule has 3 unspecified atom stereocenters. The largest absolute Gasteiger partial charge is 0.316 e. The van der Waals surface area contributed by atoms with Crippen LogP contribution in [0.1, 0.15) is 19.3 Å². The summed E-state index contributed by atoms with van der Waals surface area (Å²) in [5.41, 5.74) is 0. The molecule has 0 saturated carbocycles. The van der Waals surface area contributed by atoms with Gasteiger partial charge in [0.25, 0.3) is 0 Å². The van der Waals surface area contributed by atoms with Crippen molar-refractivity contribution in [3.05, 3.63) is 0 Å². The number of fused-ring (bicyclic) bond motifs is 1. The molecule has 3 aliphatic heterocycles. The highest BCUT2D eigenvalue weighted by atomic mass is 32.2. The molecule has 0 aromatic heterocycles. The molecule has 20 heavy (non-hydrogen) atoms. The third-order valence-electron chi connectivity index (χ3n) is 5.26. The molecule has 0 spiro atoms. The Labute approximate surface area is 122 Å². The third kappa shape index (κ3) is 3.35. The van der Waals surface area contributed by atoms with Gasteiger partial charge in [-0.25, -0.2) is 12.7 Å². The predicted octanol–water partition coefficient (Wildman–Crippen LogP) is 0.199. The summed E-state index contributed by atoms with van der Waals surface area (Å²) in [6.07, 6.45) is 4.83. The van der Waals surface area contributed by atoms with Gasteiger partial charge in [0.2, 0.25) is 10.0 Å². The Hall–Kier alpha value is -0.170. The fourth-order valence-corrected chi connectivity index (χ4v) is 5.06. The molecular weight excluding hydrogens is 274 g/mol. The van der Waals surface area contributed by atoms with Crippen LogP contribution in [0.4, 0.5) is 0 Å². The van der Waals surface area contributed by atoms with Gasteiger partial charge in [-0.15, -0.1) is 0 Å². The van der Waals surface area contributed by atoms with Gasteiger partial charge in [-0.05, 0) is 56.7 Å². The highest BCUT2D eigenvalue weighted by Gasteiger charge is 2.34. The smallest absolute Gasteiger partial charge is 0.211 e. The maximum absolute atomic E-state index is 11.7. The second-order valence-electron chi connectivity index (χ2n) is 6.86. The highest BCUT2D eigenvalue weighted by Crippen LogP contribution is 2.28. The van der Waals surface area contributed by atoms with Crippen LogP contribution in [0.25, 0.3) is 0 Å². The molecule has 3 atom stereocenters. The minimum Gasteiger partial charge on any atom is -0.316 e. The first-order valence-electron chi connectivity index (χ1n) is 7.90.